The van der Waals surface area contributed by atoms with Gasteiger partial charge < -0.3 is 15.2 Å². The average Bonchev–Trinajstić information content (AvgIpc) is 2.68. The Morgan fingerprint density at radius 3 is 2.42 bits per heavy atom. The maximum absolute atomic E-state index is 12.6. The zero-order valence-electron chi connectivity index (χ0n) is 14.6. The second-order valence-corrected chi connectivity index (χ2v) is 5.81. The van der Waals surface area contributed by atoms with Gasteiger partial charge in [0.15, 0.2) is 0 Å². The number of aromatic amines is 1. The first kappa shape index (κ1) is 17.3. The van der Waals surface area contributed by atoms with Gasteiger partial charge in [-0.3, -0.25) is 9.59 Å². The summed E-state index contributed by atoms with van der Waals surface area (Å²) in [4.78, 5) is 37.4. The zero-order chi connectivity index (χ0) is 18.5. The van der Waals surface area contributed by atoms with Crippen LogP contribution in [0, 0.1) is 0 Å². The van der Waals surface area contributed by atoms with E-state index in [1.807, 2.05) is 30.3 Å². The third kappa shape index (κ3) is 3.77. The number of benzene rings is 1. The van der Waals surface area contributed by atoms with Crippen LogP contribution in [0.25, 0.3) is 11.3 Å². The fourth-order valence-corrected chi connectivity index (χ4v) is 2.54. The van der Waals surface area contributed by atoms with Crippen molar-refractivity contribution in [3.63, 3.8) is 0 Å². The summed E-state index contributed by atoms with van der Waals surface area (Å²) in [6.07, 6.45) is 3.29. The van der Waals surface area contributed by atoms with Crippen LogP contribution in [0.2, 0.25) is 0 Å². The van der Waals surface area contributed by atoms with Crippen LogP contribution in [0.4, 0.5) is 5.95 Å². The molecular weight excluding hydrogens is 330 g/mol. The molecule has 1 amide bonds. The van der Waals surface area contributed by atoms with Crippen molar-refractivity contribution in [2.24, 2.45) is 0 Å². The van der Waals surface area contributed by atoms with E-state index in [1.165, 1.54) is 4.90 Å². The van der Waals surface area contributed by atoms with E-state index in [-0.39, 0.29) is 11.5 Å². The minimum absolute atomic E-state index is 0.0972. The van der Waals surface area contributed by atoms with E-state index in [4.69, 9.17) is 0 Å². The number of nitrogens with zero attached hydrogens (tertiary/aromatic N) is 3. The molecule has 2 heterocycles. The molecule has 0 aliphatic carbocycles. The van der Waals surface area contributed by atoms with Crippen molar-refractivity contribution >= 4 is 11.9 Å². The number of anilines is 1. The highest BCUT2D eigenvalue weighted by molar-refractivity contribution is 5.93. The van der Waals surface area contributed by atoms with E-state index >= 15 is 0 Å². The van der Waals surface area contributed by atoms with Gasteiger partial charge in [0.05, 0.1) is 0 Å². The van der Waals surface area contributed by atoms with Crippen molar-refractivity contribution in [1.29, 1.82) is 0 Å². The highest BCUT2D eigenvalue weighted by Crippen LogP contribution is 2.15. The molecule has 3 aromatic rings. The normalized spacial score (nSPS) is 10.4. The molecule has 26 heavy (non-hydrogen) atoms. The summed E-state index contributed by atoms with van der Waals surface area (Å²) in [5.41, 5.74) is 2.02. The molecule has 0 atom stereocenters. The fourth-order valence-electron chi connectivity index (χ4n) is 2.54. The van der Waals surface area contributed by atoms with E-state index in [2.05, 4.69) is 20.3 Å². The summed E-state index contributed by atoms with van der Waals surface area (Å²) in [5.74, 6) is 0.152. The van der Waals surface area contributed by atoms with Crippen LogP contribution in [0.15, 0.2) is 59.7 Å². The first-order valence-corrected chi connectivity index (χ1v) is 8.11. The van der Waals surface area contributed by atoms with Crippen molar-refractivity contribution in [2.45, 2.75) is 6.54 Å². The molecule has 0 fully saturated rings. The van der Waals surface area contributed by atoms with E-state index in [0.29, 0.717) is 18.2 Å². The summed E-state index contributed by atoms with van der Waals surface area (Å²) >= 11 is 0. The monoisotopic (exact) mass is 349 g/mol. The van der Waals surface area contributed by atoms with Crippen molar-refractivity contribution < 1.29 is 4.79 Å². The minimum Gasteiger partial charge on any atom is -0.357 e. The van der Waals surface area contributed by atoms with E-state index in [1.54, 1.807) is 38.6 Å². The molecular formula is C19H19N5O2. The Balaban J connectivity index is 1.77. The second-order valence-electron chi connectivity index (χ2n) is 5.81. The Morgan fingerprint density at radius 1 is 1.12 bits per heavy atom. The molecule has 132 valence electrons. The number of rotatable bonds is 5. The third-order valence-electron chi connectivity index (χ3n) is 3.92. The van der Waals surface area contributed by atoms with Crippen LogP contribution in [-0.2, 0) is 6.54 Å². The molecule has 0 aliphatic rings. The van der Waals surface area contributed by atoms with Gasteiger partial charge in [-0.1, -0.05) is 30.3 Å². The van der Waals surface area contributed by atoms with Crippen LogP contribution >= 0.6 is 0 Å². The largest absolute Gasteiger partial charge is 0.357 e. The lowest BCUT2D eigenvalue weighted by Gasteiger charge is -2.17. The number of pyridine rings is 1. The standard InChI is InChI=1S/C19H19N5O2/c1-20-19-21-10-13(11-22-19)12-24(2)18(26)15-8-9-16(23-17(15)25)14-6-4-3-5-7-14/h3-11H,12H2,1-2H3,(H,23,25)(H,20,21,22). The van der Waals surface area contributed by atoms with Gasteiger partial charge in [0.25, 0.3) is 11.5 Å². The van der Waals surface area contributed by atoms with Gasteiger partial charge in [-0.25, -0.2) is 9.97 Å². The molecule has 7 nitrogen and oxygen atoms in total. The van der Waals surface area contributed by atoms with Crippen LogP contribution in [0.1, 0.15) is 15.9 Å². The molecule has 0 spiro atoms. The SMILES string of the molecule is CNc1ncc(CN(C)C(=O)c2ccc(-c3ccccc3)[nH]c2=O)cn1. The number of hydrogen-bond donors (Lipinski definition) is 2. The Morgan fingerprint density at radius 2 is 1.81 bits per heavy atom. The number of amides is 1. The number of carbonyl (C=O) groups excluding carboxylic acids is 1. The van der Waals surface area contributed by atoms with Crippen LogP contribution in [0.3, 0.4) is 0 Å². The van der Waals surface area contributed by atoms with Gasteiger partial charge >= 0.3 is 0 Å². The lowest BCUT2D eigenvalue weighted by atomic mass is 10.1. The molecule has 0 aliphatic heterocycles. The van der Waals surface area contributed by atoms with E-state index in [9.17, 15) is 9.59 Å². The Kier molecular flexibility index (Phi) is 5.07. The molecule has 3 rings (SSSR count). The van der Waals surface area contributed by atoms with Gasteiger partial charge in [0, 0.05) is 44.3 Å². The predicted molar refractivity (Wildman–Crippen MR) is 99.9 cm³/mol. The van der Waals surface area contributed by atoms with Crippen molar-refractivity contribution in [1.82, 2.24) is 19.9 Å². The molecule has 7 heteroatoms. The average molecular weight is 349 g/mol. The fraction of sp³-hybridized carbons (Fsp3) is 0.158. The van der Waals surface area contributed by atoms with Crippen LogP contribution < -0.4 is 10.9 Å². The van der Waals surface area contributed by atoms with Crippen LogP contribution in [-0.4, -0.2) is 39.9 Å². The maximum Gasteiger partial charge on any atom is 0.261 e. The smallest absolute Gasteiger partial charge is 0.261 e. The van der Waals surface area contributed by atoms with E-state index < -0.39 is 5.56 Å². The van der Waals surface area contributed by atoms with Gasteiger partial charge in [-0.2, -0.15) is 0 Å². The number of nitrogens with one attached hydrogen (secondary N) is 2. The maximum atomic E-state index is 12.6. The molecule has 0 unspecified atom stereocenters. The second kappa shape index (κ2) is 7.60. The highest BCUT2D eigenvalue weighted by Gasteiger charge is 2.16. The van der Waals surface area contributed by atoms with Gasteiger partial charge in [-0.05, 0) is 17.7 Å². The molecule has 0 saturated heterocycles. The lowest BCUT2D eigenvalue weighted by molar-refractivity contribution is 0.0783. The van der Waals surface area contributed by atoms with Gasteiger partial charge in [0.2, 0.25) is 5.95 Å². The Hall–Kier alpha value is -3.48. The van der Waals surface area contributed by atoms with Crippen molar-refractivity contribution in [2.75, 3.05) is 19.4 Å². The zero-order valence-corrected chi connectivity index (χ0v) is 14.6. The summed E-state index contributed by atoms with van der Waals surface area (Å²) in [7, 11) is 3.37. The summed E-state index contributed by atoms with van der Waals surface area (Å²) in [6.45, 7) is 0.308. The number of hydrogen-bond acceptors (Lipinski definition) is 5. The quantitative estimate of drug-likeness (QED) is 0.736. The van der Waals surface area contributed by atoms with Crippen molar-refractivity contribution in [3.8, 4) is 11.3 Å². The predicted octanol–water partition coefficient (Wildman–Crippen LogP) is 2.15. The van der Waals surface area contributed by atoms with E-state index in [0.717, 1.165) is 11.1 Å². The minimum atomic E-state index is -0.412. The first-order chi connectivity index (χ1) is 12.6. The first-order valence-electron chi connectivity index (χ1n) is 8.11. The molecule has 2 N–H and O–H groups in total. The molecule has 1 aromatic carbocycles. The summed E-state index contributed by atoms with van der Waals surface area (Å²) in [5, 5.41) is 2.83. The number of H-pyrrole nitrogens is 1. The molecule has 0 bridgehead atoms. The van der Waals surface area contributed by atoms with Crippen LogP contribution in [0.5, 0.6) is 0 Å². The summed E-state index contributed by atoms with van der Waals surface area (Å²) in [6, 6.07) is 12.8. The van der Waals surface area contributed by atoms with Gasteiger partial charge in [0.1, 0.15) is 5.56 Å². The third-order valence-corrected chi connectivity index (χ3v) is 3.92. The Labute approximate surface area is 150 Å². The lowest BCUT2D eigenvalue weighted by Crippen LogP contribution is -2.31. The molecule has 2 aromatic heterocycles. The van der Waals surface area contributed by atoms with Gasteiger partial charge in [-0.15, -0.1) is 0 Å². The Bertz CT molecular complexity index is 952. The molecule has 0 saturated carbocycles. The number of carbonyl (C=O) groups is 1. The highest BCUT2D eigenvalue weighted by atomic mass is 16.2. The topological polar surface area (TPSA) is 91.0 Å². The van der Waals surface area contributed by atoms with Crippen molar-refractivity contribution in [3.05, 3.63) is 76.3 Å². The number of aromatic nitrogens is 3. The molecule has 0 radical (unpaired) electrons. The summed E-state index contributed by atoms with van der Waals surface area (Å²) < 4.78 is 0.